The summed E-state index contributed by atoms with van der Waals surface area (Å²) in [4.78, 5) is 49.1. The summed E-state index contributed by atoms with van der Waals surface area (Å²) in [6.45, 7) is 13.8. The third kappa shape index (κ3) is 12.1. The topological polar surface area (TPSA) is 192 Å². The van der Waals surface area contributed by atoms with E-state index in [1.54, 1.807) is 20.8 Å². The number of thioether (sulfide) groups is 2. The molecule has 2 amide bonds. The van der Waals surface area contributed by atoms with Crippen molar-refractivity contribution >= 4 is 47.3 Å². The Hall–Kier alpha value is -1.84. The number of carboxylic acid groups (broad SMARTS) is 1. The highest BCUT2D eigenvalue weighted by Crippen LogP contribution is 2.48. The fourth-order valence-corrected chi connectivity index (χ4v) is 5.63. The molecule has 14 heteroatoms. The molecule has 0 radical (unpaired) electrons. The molecule has 4 unspecified atom stereocenters. The molecule has 0 aliphatic rings. The quantitative estimate of drug-likeness (QED) is 0.0983. The highest BCUT2D eigenvalue weighted by Gasteiger charge is 2.49. The van der Waals surface area contributed by atoms with E-state index in [4.69, 9.17) is 9.47 Å². The van der Waals surface area contributed by atoms with Crippen molar-refractivity contribution in [1.82, 2.24) is 10.6 Å². The van der Waals surface area contributed by atoms with E-state index in [0.29, 0.717) is 0 Å². The lowest BCUT2D eigenvalue weighted by molar-refractivity contribution is -0.162. The first kappa shape index (κ1) is 37.2. The zero-order valence-electron chi connectivity index (χ0n) is 23.8. The molecular weight excluding hydrogens is 552 g/mol. The number of carbonyl (C=O) groups is 4. The number of nitrogens with one attached hydrogen (secondary N) is 2. The van der Waals surface area contributed by atoms with Crippen LogP contribution in [0.4, 0.5) is 0 Å². The van der Waals surface area contributed by atoms with Gasteiger partial charge in [0.25, 0.3) is 0 Å². The van der Waals surface area contributed by atoms with Gasteiger partial charge in [-0.2, -0.15) is 0 Å². The normalized spacial score (nSPS) is 16.7. The Labute approximate surface area is 238 Å². The molecule has 0 aromatic rings. The molecule has 6 N–H and O–H groups in total. The summed E-state index contributed by atoms with van der Waals surface area (Å²) in [6.07, 6.45) is -4.07. The summed E-state index contributed by atoms with van der Waals surface area (Å²) in [5.41, 5.74) is -1.27. The number of aliphatic hydroxyl groups is 3. The molecule has 0 bridgehead atoms. The standard InChI is InChI=1S/C25H44N2O10S2/c1-13(24(5,6)23(34)35)19(25(7,8)39-16(4)38-9)22(33)36-11-10-18(31)27-21(20(32)26-15(3)30)37-17(12-28)14(2)29/h13-14,17,19-21,28-29,32H,4,10-12H2,1-3,5-9H3,(H,26,30)(H,27,31)(H,34,35)/t13?,14-,17?,19?,20-,21?/m0/s1. The lowest BCUT2D eigenvalue weighted by atomic mass is 9.69. The van der Waals surface area contributed by atoms with Crippen LogP contribution >= 0.6 is 23.5 Å². The van der Waals surface area contributed by atoms with Crippen LogP contribution in [0.2, 0.25) is 0 Å². The van der Waals surface area contributed by atoms with Crippen molar-refractivity contribution < 1.29 is 49.1 Å². The Morgan fingerprint density at radius 2 is 1.62 bits per heavy atom. The molecule has 0 spiro atoms. The van der Waals surface area contributed by atoms with E-state index in [2.05, 4.69) is 17.2 Å². The van der Waals surface area contributed by atoms with Gasteiger partial charge in [-0.3, -0.25) is 19.2 Å². The minimum Gasteiger partial charge on any atom is -0.481 e. The van der Waals surface area contributed by atoms with Crippen LogP contribution in [0, 0.1) is 17.3 Å². The SMILES string of the molecule is C=C(SC)SC(C)(C)C(C(=O)OCCC(=O)NC(OC(CO)[C@H](C)O)[C@H](O)NC(C)=O)C(C)C(C)(C)C(=O)O. The van der Waals surface area contributed by atoms with Gasteiger partial charge in [0.15, 0.2) is 12.5 Å². The summed E-state index contributed by atoms with van der Waals surface area (Å²) in [7, 11) is 0. The first-order valence-corrected chi connectivity index (χ1v) is 14.4. The highest BCUT2D eigenvalue weighted by molar-refractivity contribution is 8.22. The maximum atomic E-state index is 13.3. The van der Waals surface area contributed by atoms with Crippen molar-refractivity contribution in [2.75, 3.05) is 19.5 Å². The minimum atomic E-state index is -1.70. The Morgan fingerprint density at radius 3 is 2.05 bits per heavy atom. The van der Waals surface area contributed by atoms with Crippen LogP contribution < -0.4 is 10.6 Å². The maximum Gasteiger partial charge on any atom is 0.310 e. The third-order valence-electron chi connectivity index (χ3n) is 6.35. The van der Waals surface area contributed by atoms with E-state index < -0.39 is 77.0 Å². The average Bonchev–Trinajstić information content (AvgIpc) is 2.80. The predicted molar refractivity (Wildman–Crippen MR) is 149 cm³/mol. The van der Waals surface area contributed by atoms with Crippen LogP contribution in [-0.4, -0.2) is 93.1 Å². The summed E-state index contributed by atoms with van der Waals surface area (Å²) in [5, 5.41) is 43.6. The molecule has 226 valence electrons. The molecule has 0 aliphatic carbocycles. The van der Waals surface area contributed by atoms with Crippen LogP contribution in [0.3, 0.4) is 0 Å². The minimum absolute atomic E-state index is 0.356. The zero-order chi connectivity index (χ0) is 30.7. The second kappa shape index (κ2) is 16.4. The number of carbonyl (C=O) groups excluding carboxylic acids is 3. The summed E-state index contributed by atoms with van der Waals surface area (Å²) in [6, 6.07) is 0. The first-order valence-electron chi connectivity index (χ1n) is 12.3. The van der Waals surface area contributed by atoms with E-state index in [1.807, 2.05) is 6.26 Å². The van der Waals surface area contributed by atoms with E-state index in [-0.39, 0.29) is 13.0 Å². The van der Waals surface area contributed by atoms with Crippen molar-refractivity contribution in [2.24, 2.45) is 17.3 Å². The van der Waals surface area contributed by atoms with Crippen LogP contribution in [-0.2, 0) is 28.7 Å². The van der Waals surface area contributed by atoms with Crippen LogP contribution in [0.25, 0.3) is 0 Å². The predicted octanol–water partition coefficient (Wildman–Crippen LogP) is 1.28. The number of rotatable bonds is 18. The number of amides is 2. The second-order valence-electron chi connectivity index (χ2n) is 10.2. The molecular formula is C25H44N2O10S2. The van der Waals surface area contributed by atoms with Crippen LogP contribution in [0.5, 0.6) is 0 Å². The van der Waals surface area contributed by atoms with Gasteiger partial charge in [0, 0.05) is 15.9 Å². The van der Waals surface area contributed by atoms with Crippen LogP contribution in [0.15, 0.2) is 10.8 Å². The number of carboxylic acids is 1. The van der Waals surface area contributed by atoms with Gasteiger partial charge in [0.2, 0.25) is 11.8 Å². The average molecular weight is 597 g/mol. The van der Waals surface area contributed by atoms with Crippen LogP contribution in [0.1, 0.15) is 54.9 Å². The number of esters is 1. The van der Waals surface area contributed by atoms with E-state index in [0.717, 1.165) is 11.2 Å². The zero-order valence-corrected chi connectivity index (χ0v) is 25.5. The van der Waals surface area contributed by atoms with Gasteiger partial charge in [-0.15, -0.1) is 23.5 Å². The van der Waals surface area contributed by atoms with Gasteiger partial charge < -0.3 is 40.5 Å². The molecule has 0 fully saturated rings. The molecule has 0 rings (SSSR count). The van der Waals surface area contributed by atoms with E-state index >= 15 is 0 Å². The van der Waals surface area contributed by atoms with Crippen molar-refractivity contribution in [2.45, 2.75) is 84.3 Å². The Bertz CT molecular complexity index is 866. The summed E-state index contributed by atoms with van der Waals surface area (Å²) < 4.78 is 10.7. The van der Waals surface area contributed by atoms with E-state index in [1.165, 1.54) is 44.3 Å². The fraction of sp³-hybridized carbons (Fsp3) is 0.760. The second-order valence-corrected chi connectivity index (χ2v) is 13.1. The number of hydrogen-bond donors (Lipinski definition) is 6. The number of hydrogen-bond acceptors (Lipinski definition) is 11. The fourth-order valence-electron chi connectivity index (χ4n) is 3.63. The monoisotopic (exact) mass is 596 g/mol. The molecule has 0 aromatic heterocycles. The molecule has 0 aromatic carbocycles. The van der Waals surface area contributed by atoms with Gasteiger partial charge in [-0.05, 0) is 46.8 Å². The molecule has 0 aliphatic heterocycles. The third-order valence-corrected chi connectivity index (χ3v) is 8.56. The smallest absolute Gasteiger partial charge is 0.310 e. The number of aliphatic hydroxyl groups excluding tert-OH is 3. The summed E-state index contributed by atoms with van der Waals surface area (Å²) in [5.74, 6) is -4.63. The molecule has 0 heterocycles. The lowest BCUT2D eigenvalue weighted by Gasteiger charge is -2.41. The molecule has 0 saturated heterocycles. The van der Waals surface area contributed by atoms with Crippen molar-refractivity contribution in [3.63, 3.8) is 0 Å². The van der Waals surface area contributed by atoms with Gasteiger partial charge in [0.1, 0.15) is 12.7 Å². The highest BCUT2D eigenvalue weighted by atomic mass is 32.2. The molecule has 0 saturated carbocycles. The van der Waals surface area contributed by atoms with Gasteiger partial charge in [-0.25, -0.2) is 0 Å². The maximum absolute atomic E-state index is 13.3. The van der Waals surface area contributed by atoms with Crippen molar-refractivity contribution in [3.05, 3.63) is 10.8 Å². The van der Waals surface area contributed by atoms with Crippen molar-refractivity contribution in [1.29, 1.82) is 0 Å². The molecule has 6 atom stereocenters. The largest absolute Gasteiger partial charge is 0.481 e. The number of aliphatic carboxylic acids is 1. The first-order chi connectivity index (χ1) is 17.8. The van der Waals surface area contributed by atoms with Gasteiger partial charge in [0.05, 0.1) is 30.5 Å². The Balaban J connectivity index is 5.61. The summed E-state index contributed by atoms with van der Waals surface area (Å²) >= 11 is 2.74. The van der Waals surface area contributed by atoms with Gasteiger partial charge in [-0.1, -0.05) is 13.5 Å². The molecule has 39 heavy (non-hydrogen) atoms. The number of ether oxygens (including phenoxy) is 2. The Morgan fingerprint density at radius 1 is 1.05 bits per heavy atom. The molecule has 12 nitrogen and oxygen atoms in total. The van der Waals surface area contributed by atoms with E-state index in [9.17, 15) is 39.6 Å². The van der Waals surface area contributed by atoms with Gasteiger partial charge >= 0.3 is 11.9 Å². The van der Waals surface area contributed by atoms with Crippen molar-refractivity contribution in [3.8, 4) is 0 Å². The Kier molecular flexibility index (Phi) is 15.7. The lowest BCUT2D eigenvalue weighted by Crippen LogP contribution is -2.55.